The van der Waals surface area contributed by atoms with E-state index in [4.69, 9.17) is 0 Å². The fourth-order valence-corrected chi connectivity index (χ4v) is 1.41. The van der Waals surface area contributed by atoms with E-state index < -0.39 is 6.10 Å². The zero-order chi connectivity index (χ0) is 12.8. The number of aryl methyl sites for hydroxylation is 1. The minimum atomic E-state index is -0.475. The van der Waals surface area contributed by atoms with E-state index in [-0.39, 0.29) is 11.8 Å². The van der Waals surface area contributed by atoms with Gasteiger partial charge in [-0.15, -0.1) is 0 Å². The molecule has 1 atom stereocenters. The highest BCUT2D eigenvalue weighted by Crippen LogP contribution is 2.04. The monoisotopic (exact) mass is 235 g/mol. The second kappa shape index (κ2) is 6.40. The van der Waals surface area contributed by atoms with Gasteiger partial charge in [0.2, 0.25) is 5.91 Å². The molecule has 0 bridgehead atoms. The van der Waals surface area contributed by atoms with Crippen molar-refractivity contribution >= 4 is 5.91 Å². The standard InChI is InChI=1S/C14H21NO2/c1-10(2)13(16)9-15-14(17)8-12-6-4-11(3)5-7-12/h4-7,10,13,16H,8-9H2,1-3H3,(H,15,17). The summed E-state index contributed by atoms with van der Waals surface area (Å²) in [6, 6.07) is 7.89. The normalized spacial score (nSPS) is 12.5. The van der Waals surface area contributed by atoms with Gasteiger partial charge in [0.25, 0.3) is 0 Å². The maximum atomic E-state index is 11.6. The molecule has 17 heavy (non-hydrogen) atoms. The van der Waals surface area contributed by atoms with Crippen molar-refractivity contribution in [3.63, 3.8) is 0 Å². The van der Waals surface area contributed by atoms with Crippen molar-refractivity contribution in [1.29, 1.82) is 0 Å². The van der Waals surface area contributed by atoms with Gasteiger partial charge in [-0.2, -0.15) is 0 Å². The number of aliphatic hydroxyl groups is 1. The van der Waals surface area contributed by atoms with Gasteiger partial charge in [0.1, 0.15) is 0 Å². The van der Waals surface area contributed by atoms with Crippen LogP contribution in [0.25, 0.3) is 0 Å². The summed E-state index contributed by atoms with van der Waals surface area (Å²) in [7, 11) is 0. The molecule has 0 aliphatic heterocycles. The van der Waals surface area contributed by atoms with Crippen LogP contribution in [0.3, 0.4) is 0 Å². The molecule has 0 heterocycles. The first-order valence-electron chi connectivity index (χ1n) is 5.99. The van der Waals surface area contributed by atoms with E-state index in [0.29, 0.717) is 13.0 Å². The third kappa shape index (κ3) is 5.00. The van der Waals surface area contributed by atoms with Gasteiger partial charge in [0.05, 0.1) is 12.5 Å². The van der Waals surface area contributed by atoms with Crippen LogP contribution >= 0.6 is 0 Å². The topological polar surface area (TPSA) is 49.3 Å². The molecular weight excluding hydrogens is 214 g/mol. The molecule has 0 radical (unpaired) electrons. The summed E-state index contributed by atoms with van der Waals surface area (Å²) >= 11 is 0. The largest absolute Gasteiger partial charge is 0.391 e. The van der Waals surface area contributed by atoms with E-state index >= 15 is 0 Å². The molecule has 94 valence electrons. The lowest BCUT2D eigenvalue weighted by Gasteiger charge is -2.15. The van der Waals surface area contributed by atoms with Crippen LogP contribution in [0.1, 0.15) is 25.0 Å². The summed E-state index contributed by atoms with van der Waals surface area (Å²) in [4.78, 5) is 11.6. The highest BCUT2D eigenvalue weighted by atomic mass is 16.3. The predicted octanol–water partition coefficient (Wildman–Crippen LogP) is 1.67. The first-order valence-corrected chi connectivity index (χ1v) is 5.99. The summed E-state index contributed by atoms with van der Waals surface area (Å²) < 4.78 is 0. The molecule has 0 aliphatic carbocycles. The van der Waals surface area contributed by atoms with Crippen LogP contribution in [0, 0.1) is 12.8 Å². The number of benzene rings is 1. The Balaban J connectivity index is 2.37. The Morgan fingerprint density at radius 1 is 1.29 bits per heavy atom. The molecular formula is C14H21NO2. The molecule has 0 saturated carbocycles. The van der Waals surface area contributed by atoms with Crippen molar-refractivity contribution in [2.24, 2.45) is 5.92 Å². The molecule has 1 aromatic carbocycles. The van der Waals surface area contributed by atoms with Gasteiger partial charge in [-0.25, -0.2) is 0 Å². The van der Waals surface area contributed by atoms with Crippen LogP contribution in [-0.4, -0.2) is 23.7 Å². The molecule has 1 amide bonds. The van der Waals surface area contributed by atoms with Gasteiger partial charge in [-0.3, -0.25) is 4.79 Å². The fraction of sp³-hybridized carbons (Fsp3) is 0.500. The van der Waals surface area contributed by atoms with E-state index in [1.807, 2.05) is 45.0 Å². The molecule has 1 aromatic rings. The van der Waals surface area contributed by atoms with Gasteiger partial charge >= 0.3 is 0 Å². The molecule has 0 aromatic heterocycles. The van der Waals surface area contributed by atoms with Crippen LogP contribution in [0.15, 0.2) is 24.3 Å². The van der Waals surface area contributed by atoms with Crippen LogP contribution in [0.4, 0.5) is 0 Å². The lowest BCUT2D eigenvalue weighted by Crippen LogP contribution is -2.35. The van der Waals surface area contributed by atoms with E-state index in [1.165, 1.54) is 5.56 Å². The number of hydrogen-bond acceptors (Lipinski definition) is 2. The second-order valence-electron chi connectivity index (χ2n) is 4.78. The molecule has 0 aliphatic rings. The van der Waals surface area contributed by atoms with Gasteiger partial charge in [0, 0.05) is 6.54 Å². The van der Waals surface area contributed by atoms with Gasteiger partial charge in [0.15, 0.2) is 0 Å². The number of nitrogens with one attached hydrogen (secondary N) is 1. The highest BCUT2D eigenvalue weighted by Gasteiger charge is 2.10. The van der Waals surface area contributed by atoms with Crippen molar-refractivity contribution in [2.45, 2.75) is 33.3 Å². The number of carbonyl (C=O) groups is 1. The van der Waals surface area contributed by atoms with Crippen LogP contribution in [0.5, 0.6) is 0 Å². The van der Waals surface area contributed by atoms with Crippen LogP contribution in [-0.2, 0) is 11.2 Å². The molecule has 0 spiro atoms. The minimum Gasteiger partial charge on any atom is -0.391 e. The second-order valence-corrected chi connectivity index (χ2v) is 4.78. The summed E-state index contributed by atoms with van der Waals surface area (Å²) in [6.07, 6.45) is -0.109. The molecule has 2 N–H and O–H groups in total. The maximum Gasteiger partial charge on any atom is 0.224 e. The SMILES string of the molecule is Cc1ccc(CC(=O)NCC(O)C(C)C)cc1. The lowest BCUT2D eigenvalue weighted by atomic mass is 10.1. The van der Waals surface area contributed by atoms with Crippen LogP contribution in [0.2, 0.25) is 0 Å². The number of carbonyl (C=O) groups excluding carboxylic acids is 1. The first-order chi connectivity index (χ1) is 7.99. The number of amides is 1. The van der Waals surface area contributed by atoms with Crippen LogP contribution < -0.4 is 5.32 Å². The van der Waals surface area contributed by atoms with Crippen molar-refractivity contribution in [2.75, 3.05) is 6.54 Å². The zero-order valence-electron chi connectivity index (χ0n) is 10.7. The van der Waals surface area contributed by atoms with E-state index in [0.717, 1.165) is 5.56 Å². The Labute approximate surface area is 103 Å². The molecule has 3 nitrogen and oxygen atoms in total. The maximum absolute atomic E-state index is 11.6. The average molecular weight is 235 g/mol. The summed E-state index contributed by atoms with van der Waals surface area (Å²) in [6.45, 7) is 6.19. The van der Waals surface area contributed by atoms with Crippen molar-refractivity contribution in [1.82, 2.24) is 5.32 Å². The molecule has 3 heteroatoms. The Bertz CT molecular complexity index is 357. The quantitative estimate of drug-likeness (QED) is 0.815. The van der Waals surface area contributed by atoms with Gasteiger partial charge in [-0.1, -0.05) is 43.7 Å². The molecule has 0 saturated heterocycles. The molecule has 1 rings (SSSR count). The van der Waals surface area contributed by atoms with Gasteiger partial charge < -0.3 is 10.4 Å². The summed E-state index contributed by atoms with van der Waals surface area (Å²) in [5.41, 5.74) is 2.18. The Kier molecular flexibility index (Phi) is 5.16. The Morgan fingerprint density at radius 3 is 2.41 bits per heavy atom. The Morgan fingerprint density at radius 2 is 1.88 bits per heavy atom. The van der Waals surface area contributed by atoms with E-state index in [2.05, 4.69) is 5.32 Å². The third-order valence-electron chi connectivity index (χ3n) is 2.76. The van der Waals surface area contributed by atoms with E-state index in [1.54, 1.807) is 0 Å². The molecule has 1 unspecified atom stereocenters. The summed E-state index contributed by atoms with van der Waals surface area (Å²) in [5, 5.41) is 12.3. The predicted molar refractivity (Wildman–Crippen MR) is 68.7 cm³/mol. The highest BCUT2D eigenvalue weighted by molar-refractivity contribution is 5.78. The van der Waals surface area contributed by atoms with Gasteiger partial charge in [-0.05, 0) is 18.4 Å². The third-order valence-corrected chi connectivity index (χ3v) is 2.76. The number of aliphatic hydroxyl groups excluding tert-OH is 1. The van der Waals surface area contributed by atoms with Crippen molar-refractivity contribution in [3.05, 3.63) is 35.4 Å². The first kappa shape index (κ1) is 13.7. The number of hydrogen-bond donors (Lipinski definition) is 2. The van der Waals surface area contributed by atoms with Crippen molar-refractivity contribution < 1.29 is 9.90 Å². The fourth-order valence-electron chi connectivity index (χ4n) is 1.41. The minimum absolute atomic E-state index is 0.0476. The summed E-state index contributed by atoms with van der Waals surface area (Å²) in [5.74, 6) is 0.114. The van der Waals surface area contributed by atoms with E-state index in [9.17, 15) is 9.90 Å². The lowest BCUT2D eigenvalue weighted by molar-refractivity contribution is -0.121. The zero-order valence-corrected chi connectivity index (χ0v) is 10.7. The number of rotatable bonds is 5. The Hall–Kier alpha value is -1.35. The molecule has 0 fully saturated rings. The average Bonchev–Trinajstić information content (AvgIpc) is 2.29. The van der Waals surface area contributed by atoms with Crippen molar-refractivity contribution in [3.8, 4) is 0 Å². The smallest absolute Gasteiger partial charge is 0.224 e.